The van der Waals surface area contributed by atoms with E-state index in [1.165, 1.54) is 6.33 Å². The van der Waals surface area contributed by atoms with E-state index in [9.17, 15) is 9.90 Å². The van der Waals surface area contributed by atoms with E-state index in [2.05, 4.69) is 15.3 Å². The number of amides is 1. The number of aromatic nitrogens is 2. The van der Waals surface area contributed by atoms with E-state index < -0.39 is 6.10 Å². The average Bonchev–Trinajstić information content (AvgIpc) is 2.48. The molecular weight excluding hydrogens is 254 g/mol. The Morgan fingerprint density at radius 2 is 2.05 bits per heavy atom. The van der Waals surface area contributed by atoms with Crippen molar-refractivity contribution < 1.29 is 9.90 Å². The van der Waals surface area contributed by atoms with Gasteiger partial charge in [0.1, 0.15) is 12.0 Å². The molecule has 0 radical (unpaired) electrons. The van der Waals surface area contributed by atoms with Gasteiger partial charge in [-0.3, -0.25) is 4.79 Å². The number of aliphatic hydroxyl groups is 1. The van der Waals surface area contributed by atoms with E-state index >= 15 is 0 Å². The third-order valence-electron chi connectivity index (χ3n) is 2.92. The van der Waals surface area contributed by atoms with E-state index in [1.807, 2.05) is 30.3 Å². The SMILES string of the molecule is Cc1cc(C(=O)NCCC(O)c2ccccc2)ncn1. The summed E-state index contributed by atoms with van der Waals surface area (Å²) in [5, 5.41) is 12.7. The van der Waals surface area contributed by atoms with Crippen molar-refractivity contribution in [2.75, 3.05) is 6.54 Å². The zero-order valence-electron chi connectivity index (χ0n) is 11.3. The van der Waals surface area contributed by atoms with Crippen LogP contribution in [0.4, 0.5) is 0 Å². The molecule has 0 saturated carbocycles. The quantitative estimate of drug-likeness (QED) is 0.867. The zero-order valence-corrected chi connectivity index (χ0v) is 11.3. The minimum atomic E-state index is -0.580. The molecule has 1 amide bonds. The number of carbonyl (C=O) groups is 1. The van der Waals surface area contributed by atoms with Gasteiger partial charge in [0.05, 0.1) is 6.10 Å². The normalized spacial score (nSPS) is 11.9. The second kappa shape index (κ2) is 6.77. The van der Waals surface area contributed by atoms with Crippen molar-refractivity contribution in [3.63, 3.8) is 0 Å². The minimum absolute atomic E-state index is 0.254. The molecule has 1 aromatic carbocycles. The Morgan fingerprint density at radius 1 is 1.30 bits per heavy atom. The number of hydrogen-bond acceptors (Lipinski definition) is 4. The number of rotatable bonds is 5. The lowest BCUT2D eigenvalue weighted by atomic mass is 10.1. The van der Waals surface area contributed by atoms with Crippen LogP contribution >= 0.6 is 0 Å². The summed E-state index contributed by atoms with van der Waals surface area (Å²) in [4.78, 5) is 19.7. The van der Waals surface area contributed by atoms with E-state index in [0.717, 1.165) is 11.3 Å². The largest absolute Gasteiger partial charge is 0.388 e. The first-order valence-electron chi connectivity index (χ1n) is 6.46. The number of nitrogens with one attached hydrogen (secondary N) is 1. The van der Waals surface area contributed by atoms with Gasteiger partial charge in [0.25, 0.3) is 5.91 Å². The Hall–Kier alpha value is -2.27. The Morgan fingerprint density at radius 3 is 2.75 bits per heavy atom. The second-order valence-electron chi connectivity index (χ2n) is 4.52. The van der Waals surface area contributed by atoms with Gasteiger partial charge in [-0.25, -0.2) is 9.97 Å². The van der Waals surface area contributed by atoms with Crippen molar-refractivity contribution in [2.24, 2.45) is 0 Å². The van der Waals surface area contributed by atoms with Crippen LogP contribution in [0.25, 0.3) is 0 Å². The van der Waals surface area contributed by atoms with Gasteiger partial charge in [0, 0.05) is 12.2 Å². The fourth-order valence-corrected chi connectivity index (χ4v) is 1.83. The van der Waals surface area contributed by atoms with E-state index in [0.29, 0.717) is 18.7 Å². The third-order valence-corrected chi connectivity index (χ3v) is 2.92. The molecule has 2 N–H and O–H groups in total. The summed E-state index contributed by atoms with van der Waals surface area (Å²) in [5.41, 5.74) is 1.93. The van der Waals surface area contributed by atoms with Gasteiger partial charge in [-0.2, -0.15) is 0 Å². The van der Waals surface area contributed by atoms with Gasteiger partial charge in [0.2, 0.25) is 0 Å². The number of carbonyl (C=O) groups excluding carboxylic acids is 1. The molecule has 5 nitrogen and oxygen atoms in total. The molecule has 0 spiro atoms. The lowest BCUT2D eigenvalue weighted by Crippen LogP contribution is -2.26. The Balaban J connectivity index is 1.83. The summed E-state index contributed by atoms with van der Waals surface area (Å²) in [6, 6.07) is 11.0. The Kier molecular flexibility index (Phi) is 4.79. The molecule has 0 bridgehead atoms. The molecule has 0 aliphatic heterocycles. The van der Waals surface area contributed by atoms with Crippen LogP contribution in [0.1, 0.15) is 34.3 Å². The topological polar surface area (TPSA) is 75.1 Å². The van der Waals surface area contributed by atoms with Crippen molar-refractivity contribution in [3.8, 4) is 0 Å². The number of nitrogens with zero attached hydrogens (tertiary/aromatic N) is 2. The summed E-state index contributed by atoms with van der Waals surface area (Å²) in [6.45, 7) is 2.19. The number of aryl methyl sites for hydroxylation is 1. The number of aliphatic hydroxyl groups excluding tert-OH is 1. The average molecular weight is 271 g/mol. The van der Waals surface area contributed by atoms with Gasteiger partial charge in [-0.05, 0) is 25.0 Å². The molecule has 0 fully saturated rings. The molecule has 20 heavy (non-hydrogen) atoms. The van der Waals surface area contributed by atoms with Gasteiger partial charge < -0.3 is 10.4 Å². The van der Waals surface area contributed by atoms with Crippen LogP contribution in [0, 0.1) is 6.92 Å². The molecule has 0 aliphatic carbocycles. The molecular formula is C15H17N3O2. The fourth-order valence-electron chi connectivity index (χ4n) is 1.83. The first kappa shape index (κ1) is 14.1. The first-order chi connectivity index (χ1) is 9.66. The lowest BCUT2D eigenvalue weighted by Gasteiger charge is -2.11. The molecule has 0 saturated heterocycles. The van der Waals surface area contributed by atoms with Crippen molar-refractivity contribution in [2.45, 2.75) is 19.4 Å². The number of hydrogen-bond donors (Lipinski definition) is 2. The monoisotopic (exact) mass is 271 g/mol. The van der Waals surface area contributed by atoms with Crippen molar-refractivity contribution >= 4 is 5.91 Å². The minimum Gasteiger partial charge on any atom is -0.388 e. The summed E-state index contributed by atoms with van der Waals surface area (Å²) in [6.07, 6.45) is 1.24. The highest BCUT2D eigenvalue weighted by Crippen LogP contribution is 2.14. The van der Waals surface area contributed by atoms with Crippen LogP contribution in [0.5, 0.6) is 0 Å². The fraction of sp³-hybridized carbons (Fsp3) is 0.267. The molecule has 1 aromatic heterocycles. The van der Waals surface area contributed by atoms with Crippen LogP contribution in [0.15, 0.2) is 42.7 Å². The summed E-state index contributed by atoms with van der Waals surface area (Å²) in [5.74, 6) is -0.254. The predicted molar refractivity (Wildman–Crippen MR) is 75.1 cm³/mol. The third kappa shape index (κ3) is 3.86. The maximum absolute atomic E-state index is 11.8. The van der Waals surface area contributed by atoms with Gasteiger partial charge in [-0.1, -0.05) is 30.3 Å². The summed E-state index contributed by atoms with van der Waals surface area (Å²) in [7, 11) is 0. The highest BCUT2D eigenvalue weighted by molar-refractivity contribution is 5.92. The molecule has 0 aliphatic rings. The lowest BCUT2D eigenvalue weighted by molar-refractivity contribution is 0.0937. The van der Waals surface area contributed by atoms with Crippen molar-refractivity contribution in [1.29, 1.82) is 0 Å². The van der Waals surface area contributed by atoms with Crippen LogP contribution in [-0.4, -0.2) is 27.5 Å². The predicted octanol–water partition coefficient (Wildman–Crippen LogP) is 1.64. The molecule has 5 heteroatoms. The molecule has 1 unspecified atom stereocenters. The molecule has 1 heterocycles. The van der Waals surface area contributed by atoms with Crippen LogP contribution < -0.4 is 5.32 Å². The second-order valence-corrected chi connectivity index (χ2v) is 4.52. The van der Waals surface area contributed by atoms with E-state index in [4.69, 9.17) is 0 Å². The van der Waals surface area contributed by atoms with Crippen LogP contribution in [0.2, 0.25) is 0 Å². The summed E-state index contributed by atoms with van der Waals surface area (Å²) >= 11 is 0. The maximum Gasteiger partial charge on any atom is 0.270 e. The van der Waals surface area contributed by atoms with E-state index in [-0.39, 0.29) is 5.91 Å². The first-order valence-corrected chi connectivity index (χ1v) is 6.46. The van der Waals surface area contributed by atoms with Crippen LogP contribution in [0.3, 0.4) is 0 Å². The molecule has 104 valence electrons. The highest BCUT2D eigenvalue weighted by Gasteiger charge is 2.10. The molecule has 2 aromatic rings. The molecule has 1 atom stereocenters. The number of benzene rings is 1. The molecule has 2 rings (SSSR count). The highest BCUT2D eigenvalue weighted by atomic mass is 16.3. The zero-order chi connectivity index (χ0) is 14.4. The van der Waals surface area contributed by atoms with Gasteiger partial charge in [-0.15, -0.1) is 0 Å². The Bertz CT molecular complexity index is 572. The standard InChI is InChI=1S/C15H17N3O2/c1-11-9-13(18-10-17-11)15(20)16-8-7-14(19)12-5-3-2-4-6-12/h2-6,9-10,14,19H,7-8H2,1H3,(H,16,20). The summed E-state index contributed by atoms with van der Waals surface area (Å²) < 4.78 is 0. The maximum atomic E-state index is 11.8. The van der Waals surface area contributed by atoms with E-state index in [1.54, 1.807) is 13.0 Å². The van der Waals surface area contributed by atoms with Crippen molar-refractivity contribution in [3.05, 3.63) is 59.7 Å². The smallest absolute Gasteiger partial charge is 0.270 e. The van der Waals surface area contributed by atoms with Gasteiger partial charge >= 0.3 is 0 Å². The Labute approximate surface area is 117 Å². The van der Waals surface area contributed by atoms with Gasteiger partial charge in [0.15, 0.2) is 0 Å². The van der Waals surface area contributed by atoms with Crippen LogP contribution in [-0.2, 0) is 0 Å². The van der Waals surface area contributed by atoms with Crippen molar-refractivity contribution in [1.82, 2.24) is 15.3 Å².